The average Bonchev–Trinajstić information content (AvgIpc) is 3.82. The van der Waals surface area contributed by atoms with Gasteiger partial charge in [-0.2, -0.15) is 0 Å². The molecular weight excluding hydrogens is 612 g/mol. The summed E-state index contributed by atoms with van der Waals surface area (Å²) in [5.74, 6) is 5.31. The van der Waals surface area contributed by atoms with Gasteiger partial charge in [0.05, 0.1) is 15.8 Å². The van der Waals surface area contributed by atoms with Crippen LogP contribution in [0, 0.1) is 47.1 Å². The number of H-pyrrole nitrogens is 3. The number of terminal acetylenes is 3. The molecule has 6 rings (SSSR count). The molecule has 3 aromatic carbocycles. The lowest BCUT2D eigenvalue weighted by atomic mass is 10.0. The molecular formula is C36H30N6O6. The monoisotopic (exact) mass is 642 g/mol. The molecule has 0 fully saturated rings. The van der Waals surface area contributed by atoms with Crippen LogP contribution >= 0.6 is 0 Å². The van der Waals surface area contributed by atoms with Crippen LogP contribution in [0.5, 0.6) is 0 Å². The summed E-state index contributed by atoms with van der Waals surface area (Å²) < 4.78 is 0. The number of non-ortho nitro benzene ring substituents is 1. The minimum atomic E-state index is -1.16. The summed E-state index contributed by atoms with van der Waals surface area (Å²) in [4.78, 5) is 41.1. The lowest BCUT2D eigenvalue weighted by Crippen LogP contribution is -2.32. The number of nitrogens with one attached hydrogen (secondary N) is 3. The molecule has 0 aliphatic rings. The van der Waals surface area contributed by atoms with Crippen LogP contribution in [0.25, 0.3) is 32.7 Å². The first-order chi connectivity index (χ1) is 22.9. The summed E-state index contributed by atoms with van der Waals surface area (Å²) in [7, 11) is 0. The van der Waals surface area contributed by atoms with E-state index in [1.165, 1.54) is 17.6 Å². The van der Waals surface area contributed by atoms with Crippen molar-refractivity contribution < 1.29 is 24.7 Å². The SMILES string of the molecule is C#Cc1cc([N+](=O)[O-])c2c(C[C@H](N)C(=O)O)c[nH]c2c1.C#Cc1ccc2c(C[C@H](N)C(=O)O)c[nH]c2c1.C#Cc1ccc2cc[nH]c2c1. The van der Waals surface area contributed by atoms with Gasteiger partial charge in [0, 0.05) is 70.6 Å². The van der Waals surface area contributed by atoms with E-state index in [-0.39, 0.29) is 12.1 Å². The Balaban J connectivity index is 0.000000169. The zero-order valence-corrected chi connectivity index (χ0v) is 25.4. The molecule has 0 aliphatic carbocycles. The number of hydrogen-bond donors (Lipinski definition) is 7. The van der Waals surface area contributed by atoms with Crippen LogP contribution in [0.15, 0.2) is 73.2 Å². The quantitative estimate of drug-likeness (QED) is 0.0756. The molecule has 0 unspecified atom stereocenters. The zero-order valence-electron chi connectivity index (χ0n) is 25.4. The van der Waals surface area contributed by atoms with Crippen LogP contribution in [0.2, 0.25) is 0 Å². The predicted molar refractivity (Wildman–Crippen MR) is 184 cm³/mol. The van der Waals surface area contributed by atoms with Crippen LogP contribution in [0.4, 0.5) is 5.69 Å². The maximum absolute atomic E-state index is 11.1. The third-order valence-electron chi connectivity index (χ3n) is 7.37. The molecule has 0 bridgehead atoms. The maximum atomic E-state index is 11.1. The molecule has 6 aromatic rings. The van der Waals surface area contributed by atoms with E-state index in [0.29, 0.717) is 28.5 Å². The standard InChI is InChI=1S/C13H11N3O4.C13H12N2O2.C10H7N/c1-2-7-3-10-12(11(4-7)16(19)20)8(6-15-10)5-9(14)13(17)18;1-2-8-3-4-10-9(6-11(14)13(16)17)7-15-12(10)5-8;1-2-8-3-4-9-5-6-11-10(9)7-8/h1,3-4,6,9,15H,5,14H2,(H,17,18);1,3-5,7,11,15H,6,14H2,(H,16,17);1,3-7,11H/t9-;11-;/m00./s1. The highest BCUT2D eigenvalue weighted by Gasteiger charge is 2.22. The Morgan fingerprint density at radius 2 is 1.29 bits per heavy atom. The van der Waals surface area contributed by atoms with Crippen LogP contribution in [0.3, 0.4) is 0 Å². The number of aromatic amines is 3. The number of nitro benzene ring substituents is 1. The number of fused-ring (bicyclic) bond motifs is 3. The fourth-order valence-electron chi connectivity index (χ4n) is 4.93. The molecule has 2 atom stereocenters. The van der Waals surface area contributed by atoms with Gasteiger partial charge in [-0.1, -0.05) is 29.9 Å². The highest BCUT2D eigenvalue weighted by Crippen LogP contribution is 2.31. The third-order valence-corrected chi connectivity index (χ3v) is 7.37. The Labute approximate surface area is 274 Å². The Morgan fingerprint density at radius 3 is 1.90 bits per heavy atom. The van der Waals surface area contributed by atoms with Gasteiger partial charge in [-0.25, -0.2) is 0 Å². The Hall–Kier alpha value is -6.78. The predicted octanol–water partition coefficient (Wildman–Crippen LogP) is 4.26. The lowest BCUT2D eigenvalue weighted by molar-refractivity contribution is -0.383. The smallest absolute Gasteiger partial charge is 0.320 e. The molecule has 9 N–H and O–H groups in total. The molecule has 3 aromatic heterocycles. The Kier molecular flexibility index (Phi) is 10.7. The summed E-state index contributed by atoms with van der Waals surface area (Å²) in [6, 6.07) is 14.4. The minimum absolute atomic E-state index is 0.00836. The van der Waals surface area contributed by atoms with Crippen molar-refractivity contribution in [2.75, 3.05) is 0 Å². The fourth-order valence-corrected chi connectivity index (χ4v) is 4.93. The van der Waals surface area contributed by atoms with Crippen LogP contribution < -0.4 is 11.5 Å². The molecule has 0 amide bonds. The van der Waals surface area contributed by atoms with E-state index in [9.17, 15) is 19.7 Å². The Bertz CT molecular complexity index is 2270. The van der Waals surface area contributed by atoms with E-state index < -0.39 is 28.9 Å². The van der Waals surface area contributed by atoms with E-state index in [1.54, 1.807) is 12.3 Å². The number of carboxylic acid groups (broad SMARTS) is 2. The van der Waals surface area contributed by atoms with Crippen molar-refractivity contribution in [3.63, 3.8) is 0 Å². The summed E-state index contributed by atoms with van der Waals surface area (Å²) >= 11 is 0. The number of rotatable bonds is 7. The topological polar surface area (TPSA) is 217 Å². The summed E-state index contributed by atoms with van der Waals surface area (Å²) in [5.41, 5.74) is 16.7. The largest absolute Gasteiger partial charge is 0.480 e. The van der Waals surface area contributed by atoms with Gasteiger partial charge in [-0.05, 0) is 52.9 Å². The van der Waals surface area contributed by atoms with E-state index >= 15 is 0 Å². The van der Waals surface area contributed by atoms with Crippen LogP contribution in [-0.2, 0) is 22.4 Å². The highest BCUT2D eigenvalue weighted by molar-refractivity contribution is 5.93. The van der Waals surface area contributed by atoms with E-state index in [4.69, 9.17) is 41.0 Å². The van der Waals surface area contributed by atoms with Gasteiger partial charge in [0.2, 0.25) is 0 Å². The first-order valence-electron chi connectivity index (χ1n) is 14.3. The average molecular weight is 643 g/mol. The molecule has 0 saturated heterocycles. The van der Waals surface area contributed by atoms with E-state index in [1.807, 2.05) is 48.7 Å². The third kappa shape index (κ3) is 7.89. The van der Waals surface area contributed by atoms with Gasteiger partial charge in [0.25, 0.3) is 5.69 Å². The van der Waals surface area contributed by atoms with Crippen molar-refractivity contribution in [3.8, 4) is 37.0 Å². The highest BCUT2D eigenvalue weighted by atomic mass is 16.6. The van der Waals surface area contributed by atoms with Gasteiger partial charge in [-0.15, -0.1) is 19.3 Å². The van der Waals surface area contributed by atoms with Crippen molar-refractivity contribution in [1.29, 1.82) is 0 Å². The van der Waals surface area contributed by atoms with Gasteiger partial charge in [0.15, 0.2) is 0 Å². The van der Waals surface area contributed by atoms with Crippen molar-refractivity contribution in [3.05, 3.63) is 111 Å². The second-order valence-electron chi connectivity index (χ2n) is 10.6. The molecule has 12 heteroatoms. The second-order valence-corrected chi connectivity index (χ2v) is 10.6. The van der Waals surface area contributed by atoms with Gasteiger partial charge >= 0.3 is 11.9 Å². The molecule has 0 saturated carbocycles. The first-order valence-corrected chi connectivity index (χ1v) is 14.3. The summed E-state index contributed by atoms with van der Waals surface area (Å²) in [6.45, 7) is 0. The van der Waals surface area contributed by atoms with Gasteiger partial charge in [0.1, 0.15) is 12.1 Å². The van der Waals surface area contributed by atoms with Crippen LogP contribution in [-0.4, -0.2) is 54.1 Å². The van der Waals surface area contributed by atoms with Crippen molar-refractivity contribution in [1.82, 2.24) is 15.0 Å². The summed E-state index contributed by atoms with van der Waals surface area (Å²) in [6.07, 6.45) is 21.3. The maximum Gasteiger partial charge on any atom is 0.320 e. The first kappa shape index (κ1) is 34.1. The molecule has 12 nitrogen and oxygen atoms in total. The number of carbonyl (C=O) groups is 2. The van der Waals surface area contributed by atoms with Gasteiger partial charge in [-0.3, -0.25) is 19.7 Å². The Morgan fingerprint density at radius 1 is 0.750 bits per heavy atom. The van der Waals surface area contributed by atoms with Crippen molar-refractivity contribution in [2.45, 2.75) is 24.9 Å². The number of carboxylic acids is 2. The molecule has 3 heterocycles. The zero-order chi connectivity index (χ0) is 35.0. The molecule has 0 spiro atoms. The number of benzene rings is 3. The number of aromatic nitrogens is 3. The van der Waals surface area contributed by atoms with E-state index in [2.05, 4.69) is 32.7 Å². The normalized spacial score (nSPS) is 11.6. The number of aliphatic carboxylic acids is 2. The van der Waals surface area contributed by atoms with E-state index in [0.717, 1.165) is 33.1 Å². The molecule has 0 radical (unpaired) electrons. The van der Waals surface area contributed by atoms with Crippen molar-refractivity contribution >= 4 is 50.3 Å². The van der Waals surface area contributed by atoms with Crippen molar-refractivity contribution in [2.24, 2.45) is 11.5 Å². The second kappa shape index (κ2) is 15.0. The number of nitro groups is 1. The number of nitrogens with two attached hydrogens (primary N) is 2. The number of nitrogens with zero attached hydrogens (tertiary/aromatic N) is 1. The number of hydrogen-bond acceptors (Lipinski definition) is 6. The molecule has 0 aliphatic heterocycles. The minimum Gasteiger partial charge on any atom is -0.480 e. The van der Waals surface area contributed by atoms with Crippen LogP contribution in [0.1, 0.15) is 27.8 Å². The van der Waals surface area contributed by atoms with Gasteiger partial charge < -0.3 is 36.6 Å². The molecule has 48 heavy (non-hydrogen) atoms. The summed E-state index contributed by atoms with van der Waals surface area (Å²) in [5, 5.41) is 31.2. The lowest BCUT2D eigenvalue weighted by Gasteiger charge is -2.05. The fraction of sp³-hybridized carbons (Fsp3) is 0.111. The molecule has 240 valence electrons.